The second-order valence-electron chi connectivity index (χ2n) is 6.12. The van der Waals surface area contributed by atoms with Crippen molar-refractivity contribution in [3.63, 3.8) is 0 Å². The standard InChI is InChI=1S/C19H21BrClN3O2/c1-12-7-8-17(16(20)9-12)23-19(26)13(2)24(3)11-18(25)22-15-6-4-5-14(21)10-15/h4-10,13H,11H2,1-3H3,(H,22,25)(H,23,26). The van der Waals surface area contributed by atoms with Crippen LogP contribution in [0.25, 0.3) is 0 Å². The molecule has 2 aromatic rings. The van der Waals surface area contributed by atoms with Crippen molar-refractivity contribution in [3.8, 4) is 0 Å². The number of nitrogens with one attached hydrogen (secondary N) is 2. The summed E-state index contributed by atoms with van der Waals surface area (Å²) < 4.78 is 0.819. The van der Waals surface area contributed by atoms with Gasteiger partial charge in [-0.3, -0.25) is 14.5 Å². The molecular formula is C19H21BrClN3O2. The van der Waals surface area contributed by atoms with Gasteiger partial charge in [0.15, 0.2) is 0 Å². The van der Waals surface area contributed by atoms with Crippen LogP contribution in [0.1, 0.15) is 12.5 Å². The molecule has 1 unspecified atom stereocenters. The lowest BCUT2D eigenvalue weighted by atomic mass is 10.2. The maximum atomic E-state index is 12.5. The Labute approximate surface area is 166 Å². The van der Waals surface area contributed by atoms with E-state index in [1.54, 1.807) is 43.1 Å². The van der Waals surface area contributed by atoms with E-state index in [0.29, 0.717) is 16.4 Å². The minimum atomic E-state index is -0.478. The van der Waals surface area contributed by atoms with E-state index in [9.17, 15) is 9.59 Å². The van der Waals surface area contributed by atoms with Crippen molar-refractivity contribution in [3.05, 3.63) is 57.5 Å². The molecule has 1 atom stereocenters. The summed E-state index contributed by atoms with van der Waals surface area (Å²) in [5.74, 6) is -0.404. The third kappa shape index (κ3) is 5.83. The van der Waals surface area contributed by atoms with Crippen molar-refractivity contribution in [2.75, 3.05) is 24.2 Å². The fraction of sp³-hybridized carbons (Fsp3) is 0.263. The first-order chi connectivity index (χ1) is 12.3. The fourth-order valence-electron chi connectivity index (χ4n) is 2.29. The van der Waals surface area contributed by atoms with Crippen LogP contribution < -0.4 is 10.6 Å². The molecule has 0 aromatic heterocycles. The molecule has 2 N–H and O–H groups in total. The summed E-state index contributed by atoms with van der Waals surface area (Å²) >= 11 is 9.35. The van der Waals surface area contributed by atoms with Gasteiger partial charge in [-0.2, -0.15) is 0 Å². The molecule has 2 aromatic carbocycles. The van der Waals surface area contributed by atoms with Crippen molar-refractivity contribution in [1.82, 2.24) is 4.90 Å². The highest BCUT2D eigenvalue weighted by molar-refractivity contribution is 9.10. The van der Waals surface area contributed by atoms with Crippen molar-refractivity contribution >= 4 is 50.7 Å². The van der Waals surface area contributed by atoms with Gasteiger partial charge in [0.2, 0.25) is 11.8 Å². The van der Waals surface area contributed by atoms with E-state index in [4.69, 9.17) is 11.6 Å². The lowest BCUT2D eigenvalue weighted by molar-refractivity contribution is -0.122. The Morgan fingerprint density at radius 3 is 2.58 bits per heavy atom. The zero-order valence-electron chi connectivity index (χ0n) is 14.8. The number of amides is 2. The minimum absolute atomic E-state index is 0.0795. The molecule has 2 amide bonds. The van der Waals surface area contributed by atoms with E-state index in [1.807, 2.05) is 25.1 Å². The number of anilines is 2. The lowest BCUT2D eigenvalue weighted by Gasteiger charge is -2.23. The van der Waals surface area contributed by atoms with Gasteiger partial charge >= 0.3 is 0 Å². The highest BCUT2D eigenvalue weighted by atomic mass is 79.9. The maximum Gasteiger partial charge on any atom is 0.241 e. The van der Waals surface area contributed by atoms with Gasteiger partial charge in [-0.05, 0) is 72.7 Å². The number of hydrogen-bond donors (Lipinski definition) is 2. The number of rotatable bonds is 6. The second kappa shape index (κ2) is 9.16. The van der Waals surface area contributed by atoms with Crippen molar-refractivity contribution in [2.45, 2.75) is 19.9 Å². The number of likely N-dealkylation sites (N-methyl/N-ethyl adjacent to an activating group) is 1. The molecule has 26 heavy (non-hydrogen) atoms. The maximum absolute atomic E-state index is 12.5. The van der Waals surface area contributed by atoms with Crippen LogP contribution in [0, 0.1) is 6.92 Å². The Bertz CT molecular complexity index is 813. The molecule has 2 rings (SSSR count). The molecule has 0 spiro atoms. The predicted molar refractivity (Wildman–Crippen MR) is 110 cm³/mol. The van der Waals surface area contributed by atoms with Gasteiger partial charge < -0.3 is 10.6 Å². The van der Waals surface area contributed by atoms with Crippen molar-refractivity contribution < 1.29 is 9.59 Å². The summed E-state index contributed by atoms with van der Waals surface area (Å²) in [6, 6.07) is 12.1. The summed E-state index contributed by atoms with van der Waals surface area (Å²) in [4.78, 5) is 26.3. The molecule has 0 aliphatic rings. The smallest absolute Gasteiger partial charge is 0.241 e. The molecule has 0 aliphatic heterocycles. The molecule has 0 heterocycles. The number of carbonyl (C=O) groups excluding carboxylic acids is 2. The number of benzene rings is 2. The minimum Gasteiger partial charge on any atom is -0.325 e. The molecular weight excluding hydrogens is 418 g/mol. The van der Waals surface area contributed by atoms with Crippen LogP contribution in [-0.2, 0) is 9.59 Å². The highest BCUT2D eigenvalue weighted by Gasteiger charge is 2.21. The van der Waals surface area contributed by atoms with Crippen LogP contribution in [0.4, 0.5) is 11.4 Å². The van der Waals surface area contributed by atoms with E-state index in [0.717, 1.165) is 10.0 Å². The van der Waals surface area contributed by atoms with Crippen LogP contribution >= 0.6 is 27.5 Å². The van der Waals surface area contributed by atoms with E-state index in [2.05, 4.69) is 26.6 Å². The summed E-state index contributed by atoms with van der Waals surface area (Å²) in [6.45, 7) is 3.81. The molecule has 0 bridgehead atoms. The molecule has 0 fully saturated rings. The summed E-state index contributed by atoms with van der Waals surface area (Å²) in [5.41, 5.74) is 2.42. The van der Waals surface area contributed by atoms with Crippen LogP contribution in [0.15, 0.2) is 46.9 Å². The predicted octanol–water partition coefficient (Wildman–Crippen LogP) is 4.31. The number of nitrogens with zero attached hydrogens (tertiary/aromatic N) is 1. The summed E-state index contributed by atoms with van der Waals surface area (Å²) in [5, 5.41) is 6.19. The van der Waals surface area contributed by atoms with Gasteiger partial charge in [-0.25, -0.2) is 0 Å². The number of halogens is 2. The summed E-state index contributed by atoms with van der Waals surface area (Å²) in [7, 11) is 1.73. The molecule has 138 valence electrons. The number of carbonyl (C=O) groups is 2. The highest BCUT2D eigenvalue weighted by Crippen LogP contribution is 2.23. The van der Waals surface area contributed by atoms with Gasteiger partial charge in [0.25, 0.3) is 0 Å². The Kier molecular flexibility index (Phi) is 7.20. The number of hydrogen-bond acceptors (Lipinski definition) is 3. The largest absolute Gasteiger partial charge is 0.325 e. The first-order valence-corrected chi connectivity index (χ1v) is 9.26. The quantitative estimate of drug-likeness (QED) is 0.706. The lowest BCUT2D eigenvalue weighted by Crippen LogP contribution is -2.43. The van der Waals surface area contributed by atoms with Crippen molar-refractivity contribution in [1.29, 1.82) is 0 Å². The topological polar surface area (TPSA) is 61.4 Å². The fourth-order valence-corrected chi connectivity index (χ4v) is 3.07. The van der Waals surface area contributed by atoms with Gasteiger partial charge in [0.05, 0.1) is 18.3 Å². The van der Waals surface area contributed by atoms with Crippen LogP contribution in [0.5, 0.6) is 0 Å². The zero-order valence-corrected chi connectivity index (χ0v) is 17.2. The SMILES string of the molecule is Cc1ccc(NC(=O)C(C)N(C)CC(=O)Nc2cccc(Cl)c2)c(Br)c1. The first kappa shape index (κ1) is 20.4. The number of aryl methyl sites for hydroxylation is 1. The van der Waals surface area contributed by atoms with Gasteiger partial charge in [0.1, 0.15) is 0 Å². The molecule has 0 radical (unpaired) electrons. The van der Waals surface area contributed by atoms with Crippen LogP contribution in [0.3, 0.4) is 0 Å². The Balaban J connectivity index is 1.92. The molecule has 0 aliphatic carbocycles. The average Bonchev–Trinajstić information content (AvgIpc) is 2.56. The zero-order chi connectivity index (χ0) is 19.3. The molecule has 7 heteroatoms. The summed E-state index contributed by atoms with van der Waals surface area (Å²) in [6.07, 6.45) is 0. The van der Waals surface area contributed by atoms with E-state index in [1.165, 1.54) is 0 Å². The first-order valence-electron chi connectivity index (χ1n) is 8.09. The van der Waals surface area contributed by atoms with Gasteiger partial charge in [-0.15, -0.1) is 0 Å². The average molecular weight is 439 g/mol. The third-order valence-corrected chi connectivity index (χ3v) is 4.82. The van der Waals surface area contributed by atoms with E-state index >= 15 is 0 Å². The molecule has 5 nitrogen and oxygen atoms in total. The Morgan fingerprint density at radius 1 is 1.19 bits per heavy atom. The van der Waals surface area contributed by atoms with E-state index < -0.39 is 6.04 Å². The van der Waals surface area contributed by atoms with Gasteiger partial charge in [-0.1, -0.05) is 23.7 Å². The normalized spacial score (nSPS) is 11.9. The van der Waals surface area contributed by atoms with Crippen molar-refractivity contribution in [2.24, 2.45) is 0 Å². The monoisotopic (exact) mass is 437 g/mol. The Hall–Kier alpha value is -1.89. The van der Waals surface area contributed by atoms with Gasteiger partial charge in [0, 0.05) is 15.2 Å². The van der Waals surface area contributed by atoms with Crippen LogP contribution in [0.2, 0.25) is 5.02 Å². The molecule has 0 saturated carbocycles. The Morgan fingerprint density at radius 2 is 1.92 bits per heavy atom. The van der Waals surface area contributed by atoms with Crippen LogP contribution in [-0.4, -0.2) is 36.3 Å². The second-order valence-corrected chi connectivity index (χ2v) is 7.41. The molecule has 0 saturated heterocycles. The third-order valence-electron chi connectivity index (χ3n) is 3.92. The van der Waals surface area contributed by atoms with E-state index in [-0.39, 0.29) is 18.4 Å².